The minimum absolute atomic E-state index is 0.0146. The van der Waals surface area contributed by atoms with Crippen LogP contribution in [0.15, 0.2) is 71.9 Å². The highest BCUT2D eigenvalue weighted by molar-refractivity contribution is 6.04. The second-order valence-electron chi connectivity index (χ2n) is 7.39. The molecule has 1 aliphatic carbocycles. The van der Waals surface area contributed by atoms with Gasteiger partial charge in [-0.05, 0) is 47.7 Å². The molecule has 0 amide bonds. The maximum absolute atomic E-state index is 12.9. The summed E-state index contributed by atoms with van der Waals surface area (Å²) in [4.78, 5) is 12.9. The van der Waals surface area contributed by atoms with Gasteiger partial charge >= 0.3 is 0 Å². The van der Waals surface area contributed by atoms with Gasteiger partial charge in [-0.1, -0.05) is 60.2 Å². The third kappa shape index (κ3) is 2.29. The Kier molecular flexibility index (Phi) is 3.46. The van der Waals surface area contributed by atoms with Gasteiger partial charge in [-0.15, -0.1) is 0 Å². The van der Waals surface area contributed by atoms with Crippen molar-refractivity contribution in [2.24, 2.45) is 0 Å². The van der Waals surface area contributed by atoms with E-state index in [1.54, 1.807) is 0 Å². The van der Waals surface area contributed by atoms with Crippen molar-refractivity contribution in [1.29, 1.82) is 0 Å². The highest BCUT2D eigenvalue weighted by atomic mass is 16.1. The number of hydrogen-bond donors (Lipinski definition) is 1. The zero-order valence-corrected chi connectivity index (χ0v) is 14.9. The van der Waals surface area contributed by atoms with Crippen LogP contribution in [-0.2, 0) is 4.79 Å². The second kappa shape index (κ2) is 5.84. The summed E-state index contributed by atoms with van der Waals surface area (Å²) < 4.78 is 0. The molecule has 1 heterocycles. The summed E-state index contributed by atoms with van der Waals surface area (Å²) in [6.07, 6.45) is 2.55. The van der Waals surface area contributed by atoms with Crippen molar-refractivity contribution >= 4 is 22.2 Å². The Morgan fingerprint density at radius 2 is 1.73 bits per heavy atom. The molecule has 3 aromatic carbocycles. The number of allylic oxidation sites excluding steroid dienone is 2. The van der Waals surface area contributed by atoms with Crippen molar-refractivity contribution in [3.63, 3.8) is 0 Å². The quantitative estimate of drug-likeness (QED) is 0.615. The van der Waals surface area contributed by atoms with Crippen LogP contribution in [0, 0.1) is 6.92 Å². The molecule has 1 N–H and O–H groups in total. The van der Waals surface area contributed by atoms with E-state index in [4.69, 9.17) is 0 Å². The van der Waals surface area contributed by atoms with Gasteiger partial charge in [0.15, 0.2) is 5.78 Å². The lowest BCUT2D eigenvalue weighted by atomic mass is 9.74. The van der Waals surface area contributed by atoms with Crippen LogP contribution in [0.2, 0.25) is 0 Å². The number of hydrogen-bond acceptors (Lipinski definition) is 2. The Morgan fingerprint density at radius 3 is 2.58 bits per heavy atom. The summed E-state index contributed by atoms with van der Waals surface area (Å²) >= 11 is 0. The van der Waals surface area contributed by atoms with Crippen LogP contribution >= 0.6 is 0 Å². The van der Waals surface area contributed by atoms with Gasteiger partial charge < -0.3 is 5.32 Å². The number of ketones is 1. The molecular formula is C24H21NO. The van der Waals surface area contributed by atoms with Gasteiger partial charge in [0.05, 0.1) is 0 Å². The number of rotatable bonds is 1. The molecule has 1 aliphatic heterocycles. The van der Waals surface area contributed by atoms with Crippen LogP contribution in [0.25, 0.3) is 10.8 Å². The number of carbonyl (C=O) groups excluding carboxylic acids is 1. The van der Waals surface area contributed by atoms with E-state index in [0.717, 1.165) is 29.8 Å². The van der Waals surface area contributed by atoms with E-state index >= 15 is 0 Å². The highest BCUT2D eigenvalue weighted by Crippen LogP contribution is 2.47. The SMILES string of the molecule is Cc1ccc([C@@H]2C3=C(CCCC3=O)Nc3ccc4ccccc4c32)cc1. The third-order valence-electron chi connectivity index (χ3n) is 5.70. The summed E-state index contributed by atoms with van der Waals surface area (Å²) in [5.41, 5.74) is 6.92. The lowest BCUT2D eigenvalue weighted by Crippen LogP contribution is -2.27. The first kappa shape index (κ1) is 15.4. The molecule has 5 rings (SSSR count). The largest absolute Gasteiger partial charge is 0.358 e. The predicted octanol–water partition coefficient (Wildman–Crippen LogP) is 5.71. The summed E-state index contributed by atoms with van der Waals surface area (Å²) in [6.45, 7) is 2.10. The predicted molar refractivity (Wildman–Crippen MR) is 106 cm³/mol. The van der Waals surface area contributed by atoms with Crippen LogP contribution in [0.4, 0.5) is 5.69 Å². The van der Waals surface area contributed by atoms with Gasteiger partial charge in [0, 0.05) is 29.3 Å². The average molecular weight is 339 g/mol. The smallest absolute Gasteiger partial charge is 0.161 e. The highest BCUT2D eigenvalue weighted by Gasteiger charge is 2.35. The van der Waals surface area contributed by atoms with E-state index < -0.39 is 0 Å². The maximum Gasteiger partial charge on any atom is 0.161 e. The molecule has 2 aliphatic rings. The Morgan fingerprint density at radius 1 is 0.923 bits per heavy atom. The fourth-order valence-corrected chi connectivity index (χ4v) is 4.44. The number of Topliss-reactive ketones (excluding diaryl/α,β-unsaturated/α-hetero) is 1. The minimum atomic E-state index is 0.0146. The molecule has 0 unspecified atom stereocenters. The minimum Gasteiger partial charge on any atom is -0.358 e. The van der Waals surface area contributed by atoms with Crippen LogP contribution in [-0.4, -0.2) is 5.78 Å². The first-order valence-electron chi connectivity index (χ1n) is 9.34. The molecule has 3 aromatic rings. The fourth-order valence-electron chi connectivity index (χ4n) is 4.44. The number of nitrogens with one attached hydrogen (secondary N) is 1. The van der Waals surface area contributed by atoms with Gasteiger partial charge in [0.25, 0.3) is 0 Å². The number of benzene rings is 3. The number of aryl methyl sites for hydroxylation is 1. The molecular weight excluding hydrogens is 318 g/mol. The molecule has 0 saturated heterocycles. The van der Waals surface area contributed by atoms with E-state index in [9.17, 15) is 4.79 Å². The summed E-state index contributed by atoms with van der Waals surface area (Å²) in [5, 5.41) is 6.04. The number of carbonyl (C=O) groups is 1. The normalized spacial score (nSPS) is 19.1. The summed E-state index contributed by atoms with van der Waals surface area (Å²) in [6, 6.07) is 21.5. The molecule has 1 atom stereocenters. The Balaban J connectivity index is 1.83. The molecule has 0 aromatic heterocycles. The van der Waals surface area contributed by atoms with Crippen molar-refractivity contribution in [3.05, 3.63) is 88.6 Å². The molecule has 2 heteroatoms. The summed E-state index contributed by atoms with van der Waals surface area (Å²) in [7, 11) is 0. The molecule has 0 radical (unpaired) electrons. The molecule has 26 heavy (non-hydrogen) atoms. The number of fused-ring (bicyclic) bond motifs is 3. The average Bonchev–Trinajstić information content (AvgIpc) is 2.67. The van der Waals surface area contributed by atoms with Gasteiger partial charge in [-0.2, -0.15) is 0 Å². The van der Waals surface area contributed by atoms with Crippen LogP contribution in [0.5, 0.6) is 0 Å². The van der Waals surface area contributed by atoms with Gasteiger partial charge in [0.1, 0.15) is 0 Å². The second-order valence-corrected chi connectivity index (χ2v) is 7.39. The van der Waals surface area contributed by atoms with E-state index in [2.05, 4.69) is 72.9 Å². The summed E-state index contributed by atoms with van der Waals surface area (Å²) in [5.74, 6) is 0.309. The molecule has 2 nitrogen and oxygen atoms in total. The molecule has 128 valence electrons. The maximum atomic E-state index is 12.9. The lowest BCUT2D eigenvalue weighted by Gasteiger charge is -2.35. The van der Waals surface area contributed by atoms with Crippen LogP contribution in [0.1, 0.15) is 41.9 Å². The zero-order chi connectivity index (χ0) is 17.7. The van der Waals surface area contributed by atoms with Crippen molar-refractivity contribution in [2.75, 3.05) is 5.32 Å². The van der Waals surface area contributed by atoms with E-state index in [1.165, 1.54) is 27.5 Å². The van der Waals surface area contributed by atoms with E-state index in [1.807, 2.05) is 0 Å². The van der Waals surface area contributed by atoms with Crippen molar-refractivity contribution in [1.82, 2.24) is 0 Å². The zero-order valence-electron chi connectivity index (χ0n) is 14.9. The Hall–Kier alpha value is -2.87. The van der Waals surface area contributed by atoms with E-state index in [-0.39, 0.29) is 5.92 Å². The Labute approximate surface area is 153 Å². The van der Waals surface area contributed by atoms with E-state index in [0.29, 0.717) is 12.2 Å². The van der Waals surface area contributed by atoms with Crippen molar-refractivity contribution in [2.45, 2.75) is 32.1 Å². The molecule has 0 spiro atoms. The van der Waals surface area contributed by atoms with Gasteiger partial charge in [-0.3, -0.25) is 4.79 Å². The Bertz CT molecular complexity index is 1060. The third-order valence-corrected chi connectivity index (χ3v) is 5.70. The van der Waals surface area contributed by atoms with Gasteiger partial charge in [0.2, 0.25) is 0 Å². The monoisotopic (exact) mass is 339 g/mol. The topological polar surface area (TPSA) is 29.1 Å². The lowest BCUT2D eigenvalue weighted by molar-refractivity contribution is -0.116. The van der Waals surface area contributed by atoms with Crippen molar-refractivity contribution in [3.8, 4) is 0 Å². The van der Waals surface area contributed by atoms with Crippen molar-refractivity contribution < 1.29 is 4.79 Å². The number of anilines is 1. The standard InChI is InChI=1S/C24H21NO/c1-15-9-11-17(12-10-15)22-23-18-6-3-2-5-16(18)13-14-20(23)25-19-7-4-8-21(26)24(19)22/h2-3,5-6,9-14,22,25H,4,7-8H2,1H3/t22-/m0/s1. The fraction of sp³-hybridized carbons (Fsp3) is 0.208. The first-order valence-corrected chi connectivity index (χ1v) is 9.34. The molecule has 0 bridgehead atoms. The van der Waals surface area contributed by atoms with Crippen LogP contribution < -0.4 is 5.32 Å². The molecule has 0 fully saturated rings. The first-order chi connectivity index (χ1) is 12.7. The van der Waals surface area contributed by atoms with Gasteiger partial charge in [-0.25, -0.2) is 0 Å². The van der Waals surface area contributed by atoms with Crippen LogP contribution in [0.3, 0.4) is 0 Å². The molecule has 0 saturated carbocycles.